The molecule has 1 unspecified atom stereocenters. The minimum Gasteiger partial charge on any atom is -0.497 e. The molecule has 0 N–H and O–H groups in total. The van der Waals surface area contributed by atoms with Crippen LogP contribution < -0.4 is 4.74 Å². The Morgan fingerprint density at radius 1 is 1.04 bits per heavy atom. The van der Waals surface area contributed by atoms with Gasteiger partial charge in [0.05, 0.1) is 7.11 Å². The summed E-state index contributed by atoms with van der Waals surface area (Å²) < 4.78 is 5.51. The van der Waals surface area contributed by atoms with Gasteiger partial charge in [0.15, 0.2) is 0 Å². The average Bonchev–Trinajstić information content (AvgIpc) is 2.78. The Labute approximate surface area is 158 Å². The molecule has 0 saturated carbocycles. The predicted octanol–water partition coefficient (Wildman–Crippen LogP) is 4.34. The first-order valence-corrected chi connectivity index (χ1v) is 9.90. The van der Waals surface area contributed by atoms with E-state index in [0.717, 1.165) is 43.4 Å². The highest BCUT2D eigenvalue weighted by Crippen LogP contribution is 2.44. The third-order valence-corrected chi connectivity index (χ3v) is 6.66. The average molecular weight is 375 g/mol. The van der Waals surface area contributed by atoms with Crippen molar-refractivity contribution in [1.82, 2.24) is 9.80 Å². The van der Waals surface area contributed by atoms with E-state index in [1.165, 1.54) is 20.9 Å². The van der Waals surface area contributed by atoms with Crippen molar-refractivity contribution in [3.05, 3.63) is 52.5 Å². The normalized spacial score (nSPS) is 21.3. The van der Waals surface area contributed by atoms with Gasteiger partial charge in [-0.25, -0.2) is 0 Å². The first-order valence-electron chi connectivity index (χ1n) is 8.71. The molecule has 1 saturated heterocycles. The van der Waals surface area contributed by atoms with E-state index in [4.69, 9.17) is 16.3 Å². The largest absolute Gasteiger partial charge is 0.497 e. The van der Waals surface area contributed by atoms with Gasteiger partial charge < -0.3 is 9.64 Å². The van der Waals surface area contributed by atoms with Gasteiger partial charge in [0.1, 0.15) is 5.75 Å². The van der Waals surface area contributed by atoms with Gasteiger partial charge in [0.25, 0.3) is 0 Å². The molecule has 0 radical (unpaired) electrons. The fourth-order valence-corrected chi connectivity index (χ4v) is 5.00. The van der Waals surface area contributed by atoms with E-state index in [0.29, 0.717) is 6.04 Å². The van der Waals surface area contributed by atoms with Crippen LogP contribution in [0, 0.1) is 0 Å². The van der Waals surface area contributed by atoms with Crippen LogP contribution in [0.1, 0.15) is 17.2 Å². The number of rotatable bonds is 2. The molecule has 0 aliphatic carbocycles. The lowest BCUT2D eigenvalue weighted by Crippen LogP contribution is -2.46. The molecule has 2 heterocycles. The second kappa shape index (κ2) is 7.20. The second-order valence-corrected chi connectivity index (χ2v) is 8.34. The predicted molar refractivity (Wildman–Crippen MR) is 104 cm³/mol. The Balaban J connectivity index is 1.77. The molecule has 2 aliphatic heterocycles. The van der Waals surface area contributed by atoms with Gasteiger partial charge in [-0.1, -0.05) is 23.4 Å². The van der Waals surface area contributed by atoms with E-state index in [1.54, 1.807) is 7.11 Å². The molecule has 4 rings (SSSR count). The van der Waals surface area contributed by atoms with Crippen molar-refractivity contribution in [2.75, 3.05) is 40.3 Å². The van der Waals surface area contributed by atoms with Crippen LogP contribution >= 0.6 is 23.4 Å². The number of likely N-dealkylation sites (N-methyl/N-ethyl adjacent to an activating group) is 1. The van der Waals surface area contributed by atoms with Crippen LogP contribution in [0.15, 0.2) is 46.2 Å². The number of benzene rings is 2. The maximum absolute atomic E-state index is 6.29. The maximum atomic E-state index is 6.29. The standard InChI is InChI=1S/C20H23ClN2OS/c1-22-7-9-23(10-8-22)18-12-14-11-15(21)3-5-19(14)25-20-6-4-16(24-2)13-17(18)20/h3-6,11,13,18H,7-10,12H2,1-2H3. The number of methoxy groups -OCH3 is 1. The van der Waals surface area contributed by atoms with Crippen LogP contribution in [0.2, 0.25) is 5.02 Å². The number of nitrogens with zero attached hydrogens (tertiary/aromatic N) is 2. The van der Waals surface area contributed by atoms with Gasteiger partial charge in [-0.05, 0) is 61.0 Å². The van der Waals surface area contributed by atoms with E-state index >= 15 is 0 Å². The van der Waals surface area contributed by atoms with Gasteiger partial charge in [0, 0.05) is 47.0 Å². The molecule has 5 heteroatoms. The Hall–Kier alpha value is -1.20. The minimum absolute atomic E-state index is 0.367. The molecule has 3 nitrogen and oxygen atoms in total. The Morgan fingerprint density at radius 3 is 2.56 bits per heavy atom. The fraction of sp³-hybridized carbons (Fsp3) is 0.400. The van der Waals surface area contributed by atoms with Gasteiger partial charge in [0.2, 0.25) is 0 Å². The molecule has 1 fully saturated rings. The number of piperazine rings is 1. The number of halogens is 1. The second-order valence-electron chi connectivity index (χ2n) is 6.82. The van der Waals surface area contributed by atoms with Crippen molar-refractivity contribution in [3.8, 4) is 5.75 Å². The molecule has 0 amide bonds. The summed E-state index contributed by atoms with van der Waals surface area (Å²) in [5.41, 5.74) is 2.72. The molecular weight excluding hydrogens is 352 g/mol. The van der Waals surface area contributed by atoms with Crippen molar-refractivity contribution in [3.63, 3.8) is 0 Å². The summed E-state index contributed by atoms with van der Waals surface area (Å²) in [5, 5.41) is 0.819. The summed E-state index contributed by atoms with van der Waals surface area (Å²) in [6.07, 6.45) is 0.993. The zero-order valence-corrected chi connectivity index (χ0v) is 16.2. The molecule has 2 aliphatic rings. The van der Waals surface area contributed by atoms with Crippen molar-refractivity contribution < 1.29 is 4.74 Å². The number of hydrogen-bond donors (Lipinski definition) is 0. The lowest BCUT2D eigenvalue weighted by molar-refractivity contribution is 0.109. The fourth-order valence-electron chi connectivity index (χ4n) is 3.71. The molecule has 2 aromatic rings. The molecule has 0 bridgehead atoms. The minimum atomic E-state index is 0.367. The van der Waals surface area contributed by atoms with Gasteiger partial charge >= 0.3 is 0 Å². The van der Waals surface area contributed by atoms with Gasteiger partial charge in [-0.15, -0.1) is 0 Å². The monoisotopic (exact) mass is 374 g/mol. The quantitative estimate of drug-likeness (QED) is 0.776. The molecule has 132 valence electrons. The summed E-state index contributed by atoms with van der Waals surface area (Å²) in [4.78, 5) is 7.66. The Morgan fingerprint density at radius 2 is 1.80 bits per heavy atom. The molecule has 0 spiro atoms. The molecule has 1 atom stereocenters. The highest BCUT2D eigenvalue weighted by molar-refractivity contribution is 7.99. The molecule has 2 aromatic carbocycles. The van der Waals surface area contributed by atoms with Crippen molar-refractivity contribution in [1.29, 1.82) is 0 Å². The Kier molecular flexibility index (Phi) is 4.96. The van der Waals surface area contributed by atoms with Gasteiger partial charge in [-0.3, -0.25) is 4.90 Å². The zero-order chi connectivity index (χ0) is 17.4. The van der Waals surface area contributed by atoms with Crippen LogP contribution in [0.5, 0.6) is 5.75 Å². The smallest absolute Gasteiger partial charge is 0.119 e. The van der Waals surface area contributed by atoms with Crippen LogP contribution in [-0.2, 0) is 6.42 Å². The van der Waals surface area contributed by atoms with E-state index in [9.17, 15) is 0 Å². The first kappa shape index (κ1) is 17.2. The third kappa shape index (κ3) is 3.54. The van der Waals surface area contributed by atoms with Crippen molar-refractivity contribution >= 4 is 23.4 Å². The number of hydrogen-bond acceptors (Lipinski definition) is 4. The van der Waals surface area contributed by atoms with E-state index in [-0.39, 0.29) is 0 Å². The van der Waals surface area contributed by atoms with E-state index in [1.807, 2.05) is 17.8 Å². The molecular formula is C20H23ClN2OS. The highest BCUT2D eigenvalue weighted by atomic mass is 35.5. The first-order chi connectivity index (χ1) is 12.1. The zero-order valence-electron chi connectivity index (χ0n) is 14.7. The highest BCUT2D eigenvalue weighted by Gasteiger charge is 2.29. The lowest BCUT2D eigenvalue weighted by atomic mass is 9.96. The summed E-state index contributed by atoms with van der Waals surface area (Å²) in [5.74, 6) is 0.933. The van der Waals surface area contributed by atoms with Crippen LogP contribution in [0.4, 0.5) is 0 Å². The van der Waals surface area contributed by atoms with E-state index in [2.05, 4.69) is 47.2 Å². The summed E-state index contributed by atoms with van der Waals surface area (Å²) in [6.45, 7) is 4.42. The van der Waals surface area contributed by atoms with Crippen LogP contribution in [-0.4, -0.2) is 50.1 Å². The summed E-state index contributed by atoms with van der Waals surface area (Å²) in [7, 11) is 3.94. The SMILES string of the molecule is COc1ccc2c(c1)C(N1CCN(C)CC1)Cc1cc(Cl)ccc1S2. The summed E-state index contributed by atoms with van der Waals surface area (Å²) in [6, 6.07) is 13.1. The van der Waals surface area contributed by atoms with Crippen LogP contribution in [0.25, 0.3) is 0 Å². The van der Waals surface area contributed by atoms with E-state index < -0.39 is 0 Å². The number of ether oxygens (including phenoxy) is 1. The molecule has 25 heavy (non-hydrogen) atoms. The third-order valence-electron chi connectivity index (χ3n) is 5.21. The van der Waals surface area contributed by atoms with Gasteiger partial charge in [-0.2, -0.15) is 0 Å². The topological polar surface area (TPSA) is 15.7 Å². The maximum Gasteiger partial charge on any atom is 0.119 e. The van der Waals surface area contributed by atoms with Crippen LogP contribution in [0.3, 0.4) is 0 Å². The Bertz CT molecular complexity index is 774. The summed E-state index contributed by atoms with van der Waals surface area (Å²) >= 11 is 8.14. The lowest BCUT2D eigenvalue weighted by Gasteiger charge is -2.38. The number of fused-ring (bicyclic) bond motifs is 2. The van der Waals surface area contributed by atoms with Crippen molar-refractivity contribution in [2.45, 2.75) is 22.3 Å². The van der Waals surface area contributed by atoms with Crippen molar-refractivity contribution in [2.24, 2.45) is 0 Å². The molecule has 0 aromatic heterocycles.